The predicted octanol–water partition coefficient (Wildman–Crippen LogP) is 5.62. The third kappa shape index (κ3) is 4.37. The molecule has 0 spiro atoms. The summed E-state index contributed by atoms with van der Waals surface area (Å²) in [6.45, 7) is 1.81. The van der Waals surface area contributed by atoms with E-state index in [2.05, 4.69) is 20.3 Å². The fraction of sp³-hybridized carbons (Fsp3) is 0.118. The van der Waals surface area contributed by atoms with Gasteiger partial charge in [0.05, 0.1) is 10.6 Å². The number of nitrogens with two attached hydrogens (primary N) is 1. The van der Waals surface area contributed by atoms with E-state index in [9.17, 15) is 13.2 Å². The molecule has 0 radical (unpaired) electrons. The minimum Gasteiger partial charge on any atom is -0.437 e. The second-order valence-corrected chi connectivity index (χ2v) is 6.45. The number of aryl methyl sites for hydroxylation is 1. The van der Waals surface area contributed by atoms with Gasteiger partial charge < -0.3 is 15.8 Å². The Morgan fingerprint density at radius 2 is 1.79 bits per heavy atom. The van der Waals surface area contributed by atoms with Crippen LogP contribution in [0.1, 0.15) is 11.1 Å². The van der Waals surface area contributed by atoms with Crippen LogP contribution >= 0.6 is 23.2 Å². The predicted molar refractivity (Wildman–Crippen MR) is 100 cm³/mol. The first-order chi connectivity index (χ1) is 13.1. The first-order valence-electron chi connectivity index (χ1n) is 7.69. The van der Waals surface area contributed by atoms with E-state index >= 15 is 0 Å². The van der Waals surface area contributed by atoms with Gasteiger partial charge in [0.15, 0.2) is 5.82 Å². The topological polar surface area (TPSA) is 86.0 Å². The van der Waals surface area contributed by atoms with E-state index in [-0.39, 0.29) is 28.2 Å². The monoisotopic (exact) mass is 429 g/mol. The van der Waals surface area contributed by atoms with Gasteiger partial charge in [-0.1, -0.05) is 23.2 Å². The number of alkyl halides is 3. The Morgan fingerprint density at radius 1 is 1.04 bits per heavy atom. The lowest BCUT2D eigenvalue weighted by Gasteiger charge is -2.13. The van der Waals surface area contributed by atoms with Crippen molar-refractivity contribution in [1.82, 2.24) is 15.0 Å². The highest BCUT2D eigenvalue weighted by atomic mass is 35.5. The molecule has 2 heterocycles. The molecule has 146 valence electrons. The molecule has 3 N–H and O–H groups in total. The molecule has 28 heavy (non-hydrogen) atoms. The number of ether oxygens (including phenoxy) is 1. The minimum atomic E-state index is -4.55. The highest BCUT2D eigenvalue weighted by molar-refractivity contribution is 6.33. The van der Waals surface area contributed by atoms with Gasteiger partial charge in [-0.05, 0) is 36.8 Å². The summed E-state index contributed by atoms with van der Waals surface area (Å²) in [6, 6.07) is 5.75. The minimum absolute atomic E-state index is 0.0212. The number of anilines is 3. The molecule has 3 rings (SSSR count). The van der Waals surface area contributed by atoms with Crippen LogP contribution in [0.2, 0.25) is 10.0 Å². The maximum absolute atomic E-state index is 12.7. The Balaban J connectivity index is 1.86. The molecule has 0 saturated carbocycles. The molecule has 3 aromatic rings. The lowest BCUT2D eigenvalue weighted by atomic mass is 10.2. The number of benzene rings is 1. The van der Waals surface area contributed by atoms with Gasteiger partial charge in [-0.2, -0.15) is 18.2 Å². The zero-order valence-corrected chi connectivity index (χ0v) is 15.7. The SMILES string of the molecule is Cc1cc(Oc2ncnc(Nc3ncc(C(F)(F)F)cc3Cl)c2N)ccc1Cl. The first-order valence-corrected chi connectivity index (χ1v) is 8.45. The van der Waals surface area contributed by atoms with Crippen molar-refractivity contribution in [3.05, 3.63) is 58.0 Å². The number of hydrogen-bond donors (Lipinski definition) is 2. The maximum atomic E-state index is 12.7. The molecule has 0 atom stereocenters. The van der Waals surface area contributed by atoms with Gasteiger partial charge in [0.25, 0.3) is 0 Å². The summed E-state index contributed by atoms with van der Waals surface area (Å²) in [5, 5.41) is 3.01. The first kappa shape index (κ1) is 20.0. The molecular weight excluding hydrogens is 418 g/mol. The molecule has 6 nitrogen and oxygen atoms in total. The second kappa shape index (κ2) is 7.69. The summed E-state index contributed by atoms with van der Waals surface area (Å²) in [5.74, 6) is 0.518. The van der Waals surface area contributed by atoms with E-state index in [1.54, 1.807) is 18.2 Å². The van der Waals surface area contributed by atoms with Crippen LogP contribution in [0.5, 0.6) is 11.6 Å². The summed E-state index contributed by atoms with van der Waals surface area (Å²) < 4.78 is 43.8. The molecule has 2 aromatic heterocycles. The van der Waals surface area contributed by atoms with Crippen molar-refractivity contribution in [3.8, 4) is 11.6 Å². The number of aromatic nitrogens is 3. The standard InChI is InChI=1S/C17H12Cl2F3N5O/c1-8-4-10(2-3-11(8)18)28-16-13(23)15(25-7-26-16)27-14-12(19)5-9(6-24-14)17(20,21)22/h2-7H,23H2,1H3,(H,24,25,26,27). The van der Waals surface area contributed by atoms with E-state index in [1.165, 1.54) is 6.33 Å². The van der Waals surface area contributed by atoms with Gasteiger partial charge in [-0.15, -0.1) is 0 Å². The van der Waals surface area contributed by atoms with Crippen molar-refractivity contribution in [3.63, 3.8) is 0 Å². The van der Waals surface area contributed by atoms with Crippen LogP contribution in [-0.4, -0.2) is 15.0 Å². The summed E-state index contributed by atoms with van der Waals surface area (Å²) in [6.07, 6.45) is -2.73. The zero-order chi connectivity index (χ0) is 20.5. The molecule has 0 amide bonds. The number of rotatable bonds is 4. The van der Waals surface area contributed by atoms with Gasteiger partial charge >= 0.3 is 6.18 Å². The van der Waals surface area contributed by atoms with Gasteiger partial charge in [0, 0.05) is 11.2 Å². The van der Waals surface area contributed by atoms with Gasteiger partial charge in [-0.3, -0.25) is 0 Å². The number of halogens is 5. The normalized spacial score (nSPS) is 11.4. The van der Waals surface area contributed by atoms with Crippen molar-refractivity contribution in [2.75, 3.05) is 11.1 Å². The Labute approximate surface area is 167 Å². The highest BCUT2D eigenvalue weighted by Crippen LogP contribution is 2.35. The van der Waals surface area contributed by atoms with Crippen LogP contribution in [0.15, 0.2) is 36.8 Å². The third-order valence-corrected chi connectivity index (χ3v) is 4.31. The number of pyridine rings is 1. The van der Waals surface area contributed by atoms with Gasteiger partial charge in [-0.25, -0.2) is 9.97 Å². The van der Waals surface area contributed by atoms with E-state index in [0.717, 1.165) is 11.6 Å². The molecule has 0 aliphatic heterocycles. The van der Waals surface area contributed by atoms with Crippen LogP contribution in [0.25, 0.3) is 0 Å². The molecule has 1 aromatic carbocycles. The highest BCUT2D eigenvalue weighted by Gasteiger charge is 2.31. The Bertz CT molecular complexity index is 1030. The molecular formula is C17H12Cl2F3N5O. The number of hydrogen-bond acceptors (Lipinski definition) is 6. The summed E-state index contributed by atoms with van der Waals surface area (Å²) in [7, 11) is 0. The zero-order valence-electron chi connectivity index (χ0n) is 14.2. The van der Waals surface area contributed by atoms with E-state index in [4.69, 9.17) is 33.7 Å². The van der Waals surface area contributed by atoms with E-state index < -0.39 is 11.7 Å². The lowest BCUT2D eigenvalue weighted by Crippen LogP contribution is -2.08. The molecule has 0 aliphatic rings. The van der Waals surface area contributed by atoms with Crippen molar-refractivity contribution in [1.29, 1.82) is 0 Å². The van der Waals surface area contributed by atoms with Crippen LogP contribution in [0, 0.1) is 6.92 Å². The summed E-state index contributed by atoms with van der Waals surface area (Å²) in [4.78, 5) is 11.6. The lowest BCUT2D eigenvalue weighted by molar-refractivity contribution is -0.137. The average molecular weight is 430 g/mol. The van der Waals surface area contributed by atoms with Crippen molar-refractivity contribution >= 4 is 40.5 Å². The van der Waals surface area contributed by atoms with Gasteiger partial charge in [0.2, 0.25) is 5.88 Å². The average Bonchev–Trinajstić information content (AvgIpc) is 2.62. The molecule has 0 saturated heterocycles. The Hall–Kier alpha value is -2.78. The largest absolute Gasteiger partial charge is 0.437 e. The third-order valence-electron chi connectivity index (χ3n) is 3.60. The van der Waals surface area contributed by atoms with Gasteiger partial charge in [0.1, 0.15) is 23.6 Å². The van der Waals surface area contributed by atoms with E-state index in [1.807, 2.05) is 6.92 Å². The van der Waals surface area contributed by atoms with Crippen LogP contribution in [0.4, 0.5) is 30.5 Å². The molecule has 0 fully saturated rings. The Morgan fingerprint density at radius 3 is 2.43 bits per heavy atom. The fourth-order valence-corrected chi connectivity index (χ4v) is 2.48. The fourth-order valence-electron chi connectivity index (χ4n) is 2.15. The molecule has 0 unspecified atom stereocenters. The van der Waals surface area contributed by atoms with Crippen molar-refractivity contribution in [2.24, 2.45) is 0 Å². The van der Waals surface area contributed by atoms with Crippen LogP contribution in [0.3, 0.4) is 0 Å². The number of nitrogen functional groups attached to an aromatic ring is 1. The summed E-state index contributed by atoms with van der Waals surface area (Å²) >= 11 is 11.9. The molecule has 11 heteroatoms. The molecule has 0 bridgehead atoms. The van der Waals surface area contributed by atoms with Crippen molar-refractivity contribution in [2.45, 2.75) is 13.1 Å². The smallest absolute Gasteiger partial charge is 0.417 e. The second-order valence-electron chi connectivity index (χ2n) is 5.63. The summed E-state index contributed by atoms with van der Waals surface area (Å²) in [5.41, 5.74) is 5.85. The van der Waals surface area contributed by atoms with Crippen LogP contribution in [-0.2, 0) is 6.18 Å². The van der Waals surface area contributed by atoms with Crippen molar-refractivity contribution < 1.29 is 17.9 Å². The maximum Gasteiger partial charge on any atom is 0.417 e. The quantitative estimate of drug-likeness (QED) is 0.559. The molecule has 0 aliphatic carbocycles. The number of nitrogens with zero attached hydrogens (tertiary/aromatic N) is 3. The van der Waals surface area contributed by atoms with E-state index in [0.29, 0.717) is 17.0 Å². The Kier molecular flexibility index (Phi) is 5.48. The number of nitrogens with one attached hydrogen (secondary N) is 1. The van der Waals surface area contributed by atoms with Crippen LogP contribution < -0.4 is 15.8 Å².